The molecule has 0 atom stereocenters. The Morgan fingerprint density at radius 1 is 0.941 bits per heavy atom. The van der Waals surface area contributed by atoms with Gasteiger partial charge in [-0.1, -0.05) is 66.2 Å². The summed E-state index contributed by atoms with van der Waals surface area (Å²) in [6.07, 6.45) is 3.45. The second kappa shape index (κ2) is 8.65. The Labute approximate surface area is 201 Å². The van der Waals surface area contributed by atoms with Crippen LogP contribution in [0.25, 0.3) is 17.0 Å². The van der Waals surface area contributed by atoms with Gasteiger partial charge in [0.2, 0.25) is 0 Å². The summed E-state index contributed by atoms with van der Waals surface area (Å²) < 4.78 is 2.07. The number of halogens is 1. The van der Waals surface area contributed by atoms with Crippen LogP contribution < -0.4 is 10.2 Å². The van der Waals surface area contributed by atoms with Crippen LogP contribution in [0, 0.1) is 6.92 Å². The lowest BCUT2D eigenvalue weighted by atomic mass is 10.1. The van der Waals surface area contributed by atoms with E-state index in [0.717, 1.165) is 26.9 Å². The Morgan fingerprint density at radius 3 is 2.44 bits per heavy atom. The summed E-state index contributed by atoms with van der Waals surface area (Å²) in [6.45, 7) is 2.46. The first kappa shape index (κ1) is 21.7. The van der Waals surface area contributed by atoms with Gasteiger partial charge in [-0.05, 0) is 42.3 Å². The van der Waals surface area contributed by atoms with Gasteiger partial charge in [0.15, 0.2) is 0 Å². The molecule has 34 heavy (non-hydrogen) atoms. The number of aromatic nitrogens is 1. The summed E-state index contributed by atoms with van der Waals surface area (Å²) >= 11 is 6.20. The fourth-order valence-electron chi connectivity index (χ4n) is 4.07. The van der Waals surface area contributed by atoms with Crippen LogP contribution in [0.15, 0.2) is 84.6 Å². The van der Waals surface area contributed by atoms with E-state index < -0.39 is 17.8 Å². The zero-order valence-corrected chi connectivity index (χ0v) is 19.0. The summed E-state index contributed by atoms with van der Waals surface area (Å²) in [6, 6.07) is 21.9. The van der Waals surface area contributed by atoms with Gasteiger partial charge < -0.3 is 4.57 Å². The maximum Gasteiger partial charge on any atom is 0.335 e. The van der Waals surface area contributed by atoms with E-state index >= 15 is 0 Å². The normalized spacial score (nSPS) is 15.3. The summed E-state index contributed by atoms with van der Waals surface area (Å²) in [7, 11) is 0. The van der Waals surface area contributed by atoms with E-state index in [-0.39, 0.29) is 5.57 Å². The summed E-state index contributed by atoms with van der Waals surface area (Å²) in [4.78, 5) is 39.4. The lowest BCUT2D eigenvalue weighted by molar-refractivity contribution is -0.122. The molecule has 0 bridgehead atoms. The first-order chi connectivity index (χ1) is 16.4. The highest BCUT2D eigenvalue weighted by atomic mass is 35.5. The molecule has 1 aliphatic heterocycles. The zero-order valence-electron chi connectivity index (χ0n) is 18.3. The number of para-hydroxylation sites is 1. The SMILES string of the molecule is Cc1ccc(N2C(=O)NC(=O)/C(=C\c3cn(Cc4ccccc4)c4ccccc34)C2=O)cc1Cl. The number of hydrogen-bond donors (Lipinski definition) is 1. The predicted octanol–water partition coefficient (Wildman–Crippen LogP) is 5.32. The van der Waals surface area contributed by atoms with Gasteiger partial charge in [0.25, 0.3) is 11.8 Å². The number of amides is 4. The Balaban J connectivity index is 1.57. The van der Waals surface area contributed by atoms with Crippen molar-refractivity contribution in [2.75, 3.05) is 4.90 Å². The van der Waals surface area contributed by atoms with Gasteiger partial charge in [-0.15, -0.1) is 0 Å². The lowest BCUT2D eigenvalue weighted by Gasteiger charge is -2.26. The molecule has 1 aromatic heterocycles. The van der Waals surface area contributed by atoms with Crippen LogP contribution in [-0.2, 0) is 16.1 Å². The molecule has 0 spiro atoms. The van der Waals surface area contributed by atoms with Crippen LogP contribution >= 0.6 is 11.6 Å². The Hall–Kier alpha value is -4.16. The molecule has 0 radical (unpaired) electrons. The minimum Gasteiger partial charge on any atom is -0.342 e. The van der Waals surface area contributed by atoms with Crippen molar-refractivity contribution in [3.8, 4) is 0 Å². The predicted molar refractivity (Wildman–Crippen MR) is 133 cm³/mol. The number of imide groups is 2. The van der Waals surface area contributed by atoms with Crippen LogP contribution in [-0.4, -0.2) is 22.4 Å². The number of hydrogen-bond acceptors (Lipinski definition) is 3. The molecule has 0 saturated carbocycles. The number of urea groups is 1. The molecule has 168 valence electrons. The minimum atomic E-state index is -0.807. The third kappa shape index (κ3) is 3.89. The van der Waals surface area contributed by atoms with E-state index in [0.29, 0.717) is 22.8 Å². The number of benzene rings is 3. The average Bonchev–Trinajstić information content (AvgIpc) is 3.17. The van der Waals surface area contributed by atoms with E-state index in [2.05, 4.69) is 9.88 Å². The van der Waals surface area contributed by atoms with Gasteiger partial charge in [0, 0.05) is 34.2 Å². The maximum absolute atomic E-state index is 13.3. The number of carbonyl (C=O) groups is 3. The summed E-state index contributed by atoms with van der Waals surface area (Å²) in [5.41, 5.74) is 3.79. The minimum absolute atomic E-state index is 0.126. The van der Waals surface area contributed by atoms with Crippen molar-refractivity contribution in [2.45, 2.75) is 13.5 Å². The molecule has 1 fully saturated rings. The molecule has 6 nitrogen and oxygen atoms in total. The fourth-order valence-corrected chi connectivity index (χ4v) is 4.24. The topological polar surface area (TPSA) is 71.4 Å². The molecule has 0 unspecified atom stereocenters. The van der Waals surface area contributed by atoms with Crippen molar-refractivity contribution >= 4 is 52.1 Å². The highest BCUT2D eigenvalue weighted by Gasteiger charge is 2.37. The van der Waals surface area contributed by atoms with E-state index in [1.807, 2.05) is 67.7 Å². The third-order valence-electron chi connectivity index (χ3n) is 5.83. The van der Waals surface area contributed by atoms with Crippen molar-refractivity contribution in [3.05, 3.63) is 106 Å². The zero-order chi connectivity index (χ0) is 23.8. The van der Waals surface area contributed by atoms with E-state index in [1.165, 1.54) is 12.1 Å². The third-order valence-corrected chi connectivity index (χ3v) is 6.24. The van der Waals surface area contributed by atoms with Crippen LogP contribution in [0.2, 0.25) is 5.02 Å². The second-order valence-corrected chi connectivity index (χ2v) is 8.51. The number of rotatable bonds is 4. The van der Waals surface area contributed by atoms with Crippen LogP contribution in [0.1, 0.15) is 16.7 Å². The van der Waals surface area contributed by atoms with Gasteiger partial charge in [0.1, 0.15) is 5.57 Å². The largest absolute Gasteiger partial charge is 0.342 e. The molecule has 5 rings (SSSR count). The molecule has 1 aliphatic rings. The number of anilines is 1. The van der Waals surface area contributed by atoms with Gasteiger partial charge >= 0.3 is 6.03 Å². The number of fused-ring (bicyclic) bond motifs is 1. The smallest absolute Gasteiger partial charge is 0.335 e. The molecule has 4 amide bonds. The van der Waals surface area contributed by atoms with Crippen molar-refractivity contribution in [3.63, 3.8) is 0 Å². The number of barbiturate groups is 1. The second-order valence-electron chi connectivity index (χ2n) is 8.11. The van der Waals surface area contributed by atoms with Crippen molar-refractivity contribution < 1.29 is 14.4 Å². The molecule has 0 aliphatic carbocycles. The highest BCUT2D eigenvalue weighted by Crippen LogP contribution is 2.29. The molecule has 3 aromatic carbocycles. The van der Waals surface area contributed by atoms with Gasteiger partial charge in [0.05, 0.1) is 5.69 Å². The number of nitrogens with zero attached hydrogens (tertiary/aromatic N) is 2. The van der Waals surface area contributed by atoms with E-state index in [9.17, 15) is 14.4 Å². The van der Waals surface area contributed by atoms with Crippen LogP contribution in [0.5, 0.6) is 0 Å². The Bertz CT molecular complexity index is 1490. The lowest BCUT2D eigenvalue weighted by Crippen LogP contribution is -2.54. The first-order valence-corrected chi connectivity index (χ1v) is 11.1. The van der Waals surface area contributed by atoms with Gasteiger partial charge in [-0.3, -0.25) is 14.9 Å². The molecular weight excluding hydrogens is 450 g/mol. The highest BCUT2D eigenvalue weighted by molar-refractivity contribution is 6.39. The van der Waals surface area contributed by atoms with Gasteiger partial charge in [-0.25, -0.2) is 9.69 Å². The molecular formula is C27H20ClN3O3. The summed E-state index contributed by atoms with van der Waals surface area (Å²) in [5.74, 6) is -1.43. The van der Waals surface area contributed by atoms with Gasteiger partial charge in [-0.2, -0.15) is 0 Å². The van der Waals surface area contributed by atoms with Crippen molar-refractivity contribution in [1.29, 1.82) is 0 Å². The quantitative estimate of drug-likeness (QED) is 0.325. The Kier molecular flexibility index (Phi) is 5.51. The standard InChI is InChI=1S/C27H20ClN3O3/c1-17-11-12-20(14-23(17)28)31-26(33)22(25(32)29-27(31)34)13-19-16-30(15-18-7-3-2-4-8-18)24-10-6-5-9-21(19)24/h2-14,16H,15H2,1H3,(H,29,32,34)/b22-13+. The molecule has 7 heteroatoms. The number of aryl methyl sites for hydroxylation is 1. The summed E-state index contributed by atoms with van der Waals surface area (Å²) in [5, 5.41) is 3.58. The van der Waals surface area contributed by atoms with Crippen molar-refractivity contribution in [2.24, 2.45) is 0 Å². The van der Waals surface area contributed by atoms with Crippen molar-refractivity contribution in [1.82, 2.24) is 9.88 Å². The number of carbonyl (C=O) groups excluding carboxylic acids is 3. The van der Waals surface area contributed by atoms with E-state index in [1.54, 1.807) is 12.1 Å². The monoisotopic (exact) mass is 469 g/mol. The van der Waals surface area contributed by atoms with Crippen LogP contribution in [0.3, 0.4) is 0 Å². The fraction of sp³-hybridized carbons (Fsp3) is 0.0741. The molecule has 1 N–H and O–H groups in total. The first-order valence-electron chi connectivity index (χ1n) is 10.7. The number of nitrogens with one attached hydrogen (secondary N) is 1. The maximum atomic E-state index is 13.3. The molecule has 4 aromatic rings. The molecule has 1 saturated heterocycles. The average molecular weight is 470 g/mol. The van der Waals surface area contributed by atoms with Crippen LogP contribution in [0.4, 0.5) is 10.5 Å². The Morgan fingerprint density at radius 2 is 1.68 bits per heavy atom. The van der Waals surface area contributed by atoms with E-state index in [4.69, 9.17) is 11.6 Å². The molecule has 2 heterocycles.